The quantitative estimate of drug-likeness (QED) is 0.804. The Morgan fingerprint density at radius 2 is 2.00 bits per heavy atom. The van der Waals surface area contributed by atoms with Crippen LogP contribution in [-0.4, -0.2) is 11.2 Å². The van der Waals surface area contributed by atoms with Crippen LogP contribution in [0, 0.1) is 11.3 Å². The van der Waals surface area contributed by atoms with Gasteiger partial charge in [-0.3, -0.25) is 0 Å². The highest BCUT2D eigenvalue weighted by Gasteiger charge is 2.52. The number of aliphatic hydroxyl groups excluding tert-OH is 1. The average Bonchev–Trinajstić information content (AvgIpc) is 3.02. The summed E-state index contributed by atoms with van der Waals surface area (Å²) in [6.07, 6.45) is 4.52. The summed E-state index contributed by atoms with van der Waals surface area (Å²) >= 11 is 0. The van der Waals surface area contributed by atoms with E-state index in [1.54, 1.807) is 0 Å². The maximum absolute atomic E-state index is 9.70. The van der Waals surface area contributed by atoms with Crippen molar-refractivity contribution in [2.75, 3.05) is 0 Å². The van der Waals surface area contributed by atoms with E-state index in [2.05, 4.69) is 37.3 Å². The molecule has 1 nitrogen and oxygen atoms in total. The lowest BCUT2D eigenvalue weighted by Gasteiger charge is -2.24. The van der Waals surface area contributed by atoms with Crippen molar-refractivity contribution in [1.82, 2.24) is 0 Å². The molecule has 4 atom stereocenters. The van der Waals surface area contributed by atoms with E-state index in [1.165, 1.54) is 18.4 Å². The zero-order valence-electron chi connectivity index (χ0n) is 9.89. The molecule has 1 aromatic carbocycles. The molecule has 0 radical (unpaired) electrons. The highest BCUT2D eigenvalue weighted by molar-refractivity contribution is 5.27. The van der Waals surface area contributed by atoms with Gasteiger partial charge in [0.2, 0.25) is 0 Å². The van der Waals surface area contributed by atoms with Crippen molar-refractivity contribution in [1.29, 1.82) is 0 Å². The van der Waals surface area contributed by atoms with Gasteiger partial charge >= 0.3 is 0 Å². The van der Waals surface area contributed by atoms with Gasteiger partial charge in [-0.2, -0.15) is 0 Å². The van der Waals surface area contributed by atoms with Crippen molar-refractivity contribution >= 4 is 0 Å². The molecule has 0 aliphatic heterocycles. The minimum absolute atomic E-state index is 0.0398. The molecule has 2 fully saturated rings. The summed E-state index contributed by atoms with van der Waals surface area (Å²) in [5.41, 5.74) is 1.90. The van der Waals surface area contributed by atoms with Gasteiger partial charge in [0.15, 0.2) is 0 Å². The molecule has 0 saturated heterocycles. The van der Waals surface area contributed by atoms with Gasteiger partial charge in [-0.1, -0.05) is 37.3 Å². The Hall–Kier alpha value is -0.820. The number of aliphatic hydroxyl groups is 1. The molecule has 2 saturated carbocycles. The number of benzene rings is 1. The van der Waals surface area contributed by atoms with Crippen LogP contribution >= 0.6 is 0 Å². The van der Waals surface area contributed by atoms with Crippen molar-refractivity contribution in [2.24, 2.45) is 11.3 Å². The molecule has 1 N–H and O–H groups in total. The third-order valence-corrected chi connectivity index (χ3v) is 4.66. The minimum atomic E-state index is -0.0398. The van der Waals surface area contributed by atoms with E-state index in [9.17, 15) is 5.11 Å². The van der Waals surface area contributed by atoms with E-state index in [4.69, 9.17) is 0 Å². The molecular weight excluding hydrogens is 196 g/mol. The second-order valence-corrected chi connectivity index (χ2v) is 5.91. The third kappa shape index (κ3) is 1.67. The van der Waals surface area contributed by atoms with E-state index in [-0.39, 0.29) is 6.10 Å². The van der Waals surface area contributed by atoms with Crippen LogP contribution in [0.4, 0.5) is 0 Å². The largest absolute Gasteiger partial charge is 0.393 e. The summed E-state index contributed by atoms with van der Waals surface area (Å²) in [7, 11) is 0. The highest BCUT2D eigenvalue weighted by atomic mass is 16.3. The molecule has 1 aromatic rings. The normalized spacial score (nSPS) is 42.2. The Bertz CT molecular complexity index is 372. The molecule has 0 amide bonds. The van der Waals surface area contributed by atoms with Gasteiger partial charge in [0, 0.05) is 0 Å². The average molecular weight is 216 g/mol. The molecule has 4 unspecified atom stereocenters. The van der Waals surface area contributed by atoms with Crippen molar-refractivity contribution in [3.05, 3.63) is 35.9 Å². The summed E-state index contributed by atoms with van der Waals surface area (Å²) in [5.74, 6) is 1.57. The monoisotopic (exact) mass is 216 g/mol. The standard InChI is InChI=1S/C15H20O/c1-15(8-7-12(16)10-15)14-9-13(14)11-5-3-2-4-6-11/h2-6,12-14,16H,7-10H2,1H3. The second-order valence-electron chi connectivity index (χ2n) is 5.91. The first-order valence-electron chi connectivity index (χ1n) is 6.42. The first kappa shape index (κ1) is 10.3. The van der Waals surface area contributed by atoms with Gasteiger partial charge < -0.3 is 5.11 Å². The molecule has 2 aliphatic carbocycles. The van der Waals surface area contributed by atoms with Gasteiger partial charge in [0.05, 0.1) is 6.10 Å². The molecule has 0 aromatic heterocycles. The Morgan fingerprint density at radius 1 is 1.25 bits per heavy atom. The predicted octanol–water partition coefficient (Wildman–Crippen LogP) is 3.34. The Balaban J connectivity index is 1.72. The zero-order chi connectivity index (χ0) is 11.2. The van der Waals surface area contributed by atoms with Crippen LogP contribution in [0.3, 0.4) is 0 Å². The zero-order valence-corrected chi connectivity index (χ0v) is 9.89. The van der Waals surface area contributed by atoms with Crippen LogP contribution in [0.2, 0.25) is 0 Å². The second kappa shape index (κ2) is 3.59. The molecule has 16 heavy (non-hydrogen) atoms. The fraction of sp³-hybridized carbons (Fsp3) is 0.600. The Labute approximate surface area is 97.5 Å². The highest BCUT2D eigenvalue weighted by Crippen LogP contribution is 2.62. The van der Waals surface area contributed by atoms with Crippen LogP contribution in [0.5, 0.6) is 0 Å². The van der Waals surface area contributed by atoms with Gasteiger partial charge in [-0.15, -0.1) is 0 Å². The lowest BCUT2D eigenvalue weighted by atomic mass is 9.81. The van der Waals surface area contributed by atoms with E-state index < -0.39 is 0 Å². The molecule has 2 aliphatic rings. The van der Waals surface area contributed by atoms with Crippen molar-refractivity contribution in [3.8, 4) is 0 Å². The fourth-order valence-electron chi connectivity index (χ4n) is 3.61. The summed E-state index contributed by atoms with van der Waals surface area (Å²) < 4.78 is 0. The molecular formula is C15H20O. The first-order chi connectivity index (χ1) is 7.69. The van der Waals surface area contributed by atoms with Crippen LogP contribution in [-0.2, 0) is 0 Å². The lowest BCUT2D eigenvalue weighted by Crippen LogP contribution is -2.16. The van der Waals surface area contributed by atoms with E-state index in [1.807, 2.05) is 0 Å². The SMILES string of the molecule is CC1(C2CC2c2ccccc2)CCC(O)C1. The lowest BCUT2D eigenvalue weighted by molar-refractivity contribution is 0.155. The van der Waals surface area contributed by atoms with Crippen LogP contribution < -0.4 is 0 Å². The van der Waals surface area contributed by atoms with Crippen LogP contribution in [0.15, 0.2) is 30.3 Å². The molecule has 0 heterocycles. The van der Waals surface area contributed by atoms with Gasteiger partial charge in [0.1, 0.15) is 0 Å². The van der Waals surface area contributed by atoms with Crippen molar-refractivity contribution in [2.45, 2.75) is 44.6 Å². The maximum Gasteiger partial charge on any atom is 0.0545 e. The van der Waals surface area contributed by atoms with Crippen LogP contribution in [0.1, 0.15) is 44.1 Å². The van der Waals surface area contributed by atoms with Crippen molar-refractivity contribution < 1.29 is 5.11 Å². The summed E-state index contributed by atoms with van der Waals surface area (Å²) in [6.45, 7) is 2.37. The van der Waals surface area contributed by atoms with E-state index >= 15 is 0 Å². The van der Waals surface area contributed by atoms with Crippen LogP contribution in [0.25, 0.3) is 0 Å². The maximum atomic E-state index is 9.70. The predicted molar refractivity (Wildman–Crippen MR) is 65.3 cm³/mol. The number of hydrogen-bond donors (Lipinski definition) is 1. The third-order valence-electron chi connectivity index (χ3n) is 4.66. The molecule has 86 valence electrons. The fourth-order valence-corrected chi connectivity index (χ4v) is 3.61. The summed E-state index contributed by atoms with van der Waals surface area (Å²) in [4.78, 5) is 0. The van der Waals surface area contributed by atoms with Gasteiger partial charge in [0.25, 0.3) is 0 Å². The first-order valence-corrected chi connectivity index (χ1v) is 6.42. The van der Waals surface area contributed by atoms with E-state index in [0.29, 0.717) is 5.41 Å². The summed E-state index contributed by atoms with van der Waals surface area (Å²) in [6, 6.07) is 10.9. The summed E-state index contributed by atoms with van der Waals surface area (Å²) in [5, 5.41) is 9.70. The number of rotatable bonds is 2. The van der Waals surface area contributed by atoms with Gasteiger partial charge in [-0.05, 0) is 48.5 Å². The Morgan fingerprint density at radius 3 is 2.62 bits per heavy atom. The van der Waals surface area contributed by atoms with Crippen molar-refractivity contribution in [3.63, 3.8) is 0 Å². The molecule has 0 bridgehead atoms. The van der Waals surface area contributed by atoms with Gasteiger partial charge in [-0.25, -0.2) is 0 Å². The van der Waals surface area contributed by atoms with E-state index in [0.717, 1.165) is 24.7 Å². The topological polar surface area (TPSA) is 20.2 Å². The molecule has 0 spiro atoms. The molecule has 3 rings (SSSR count). The Kier molecular flexibility index (Phi) is 2.32. The minimum Gasteiger partial charge on any atom is -0.393 e. The smallest absolute Gasteiger partial charge is 0.0545 e. The molecule has 1 heteroatoms. The number of hydrogen-bond acceptors (Lipinski definition) is 1.